The molecule has 0 aliphatic heterocycles. The van der Waals surface area contributed by atoms with Crippen LogP contribution < -0.4 is 11.4 Å². The molecule has 0 aliphatic carbocycles. The molecule has 0 bridgehead atoms. The molecule has 3 N–H and O–H groups in total. The van der Waals surface area contributed by atoms with Gasteiger partial charge in [-0.25, -0.2) is 4.79 Å². The number of nitrogen functional groups attached to an aromatic ring is 1. The fourth-order valence-corrected chi connectivity index (χ4v) is 2.00. The molecule has 1 aromatic carbocycles. The average Bonchev–Trinajstić information content (AvgIpc) is 2.67. The molecule has 90 valence electrons. The minimum Gasteiger partial charge on any atom is -0.399 e. The summed E-state index contributed by atoms with van der Waals surface area (Å²) in [6.07, 6.45) is 3.46. The highest BCUT2D eigenvalue weighted by Crippen LogP contribution is 2.15. The smallest absolute Gasteiger partial charge is 0.326 e. The summed E-state index contributed by atoms with van der Waals surface area (Å²) in [5, 5.41) is 0. The van der Waals surface area contributed by atoms with Crippen molar-refractivity contribution in [3.05, 3.63) is 58.8 Å². The first-order valence-electron chi connectivity index (χ1n) is 5.61. The number of nitrogens with two attached hydrogens (primary N) is 1. The molecular weight excluding hydrogens is 228 g/mol. The molecule has 2 aromatic heterocycles. The van der Waals surface area contributed by atoms with Gasteiger partial charge in [-0.3, -0.25) is 9.55 Å². The number of fused-ring (bicyclic) bond motifs is 1. The largest absolute Gasteiger partial charge is 0.399 e. The zero-order valence-electron chi connectivity index (χ0n) is 9.63. The first-order chi connectivity index (χ1) is 8.74. The van der Waals surface area contributed by atoms with Gasteiger partial charge < -0.3 is 10.7 Å². The van der Waals surface area contributed by atoms with E-state index in [1.807, 2.05) is 18.2 Å². The van der Waals surface area contributed by atoms with Crippen LogP contribution in [0.5, 0.6) is 0 Å². The Labute approximate surface area is 103 Å². The topological polar surface area (TPSA) is 76.7 Å². The SMILES string of the molecule is Nc1ccc2[nH]c(=O)n(Cc3cccnc3)c2c1. The van der Waals surface area contributed by atoms with Gasteiger partial charge >= 0.3 is 5.69 Å². The maximum atomic E-state index is 11.9. The fraction of sp³-hybridized carbons (Fsp3) is 0.0769. The van der Waals surface area contributed by atoms with E-state index in [1.54, 1.807) is 29.1 Å². The number of hydrogen-bond donors (Lipinski definition) is 2. The Balaban J connectivity index is 2.14. The molecule has 0 radical (unpaired) electrons. The fourth-order valence-electron chi connectivity index (χ4n) is 2.00. The predicted octanol–water partition coefficient (Wildman–Crippen LogP) is 1.36. The minimum absolute atomic E-state index is 0.139. The van der Waals surface area contributed by atoms with E-state index in [9.17, 15) is 4.79 Å². The lowest BCUT2D eigenvalue weighted by molar-refractivity contribution is 0.783. The van der Waals surface area contributed by atoms with Crippen LogP contribution in [0.1, 0.15) is 5.56 Å². The second kappa shape index (κ2) is 4.03. The lowest BCUT2D eigenvalue weighted by Gasteiger charge is -2.03. The summed E-state index contributed by atoms with van der Waals surface area (Å²) in [5.74, 6) is 0. The van der Waals surface area contributed by atoms with Gasteiger partial charge in [0.2, 0.25) is 0 Å². The third-order valence-corrected chi connectivity index (χ3v) is 2.86. The Bertz CT molecular complexity index is 743. The van der Waals surface area contributed by atoms with Crippen LogP contribution in [0.3, 0.4) is 0 Å². The summed E-state index contributed by atoms with van der Waals surface area (Å²) in [7, 11) is 0. The zero-order valence-corrected chi connectivity index (χ0v) is 9.63. The lowest BCUT2D eigenvalue weighted by Crippen LogP contribution is -2.17. The van der Waals surface area contributed by atoms with E-state index >= 15 is 0 Å². The summed E-state index contributed by atoms with van der Waals surface area (Å²) in [4.78, 5) is 18.7. The van der Waals surface area contributed by atoms with Gasteiger partial charge in [0.15, 0.2) is 0 Å². The number of aromatic nitrogens is 3. The van der Waals surface area contributed by atoms with E-state index < -0.39 is 0 Å². The van der Waals surface area contributed by atoms with Crippen LogP contribution in [-0.2, 0) is 6.54 Å². The lowest BCUT2D eigenvalue weighted by atomic mass is 10.2. The van der Waals surface area contributed by atoms with E-state index in [-0.39, 0.29) is 5.69 Å². The van der Waals surface area contributed by atoms with Crippen molar-refractivity contribution >= 4 is 16.7 Å². The maximum Gasteiger partial charge on any atom is 0.326 e. The molecular formula is C13H12N4O. The number of aromatic amines is 1. The molecule has 0 unspecified atom stereocenters. The second-order valence-corrected chi connectivity index (χ2v) is 4.15. The molecule has 0 saturated carbocycles. The summed E-state index contributed by atoms with van der Waals surface area (Å²) >= 11 is 0. The van der Waals surface area contributed by atoms with Gasteiger partial charge in [-0.05, 0) is 29.8 Å². The molecule has 0 atom stereocenters. The highest BCUT2D eigenvalue weighted by Gasteiger charge is 2.07. The van der Waals surface area contributed by atoms with Gasteiger partial charge in [-0.1, -0.05) is 6.07 Å². The predicted molar refractivity (Wildman–Crippen MR) is 70.3 cm³/mol. The highest BCUT2D eigenvalue weighted by atomic mass is 16.1. The Hall–Kier alpha value is -2.56. The molecule has 5 heteroatoms. The number of anilines is 1. The van der Waals surface area contributed by atoms with Gasteiger partial charge in [-0.2, -0.15) is 0 Å². The Morgan fingerprint density at radius 2 is 2.22 bits per heavy atom. The van der Waals surface area contributed by atoms with Crippen LogP contribution in [0, 0.1) is 0 Å². The van der Waals surface area contributed by atoms with E-state index in [0.717, 1.165) is 16.6 Å². The molecule has 0 fully saturated rings. The van der Waals surface area contributed by atoms with Crippen molar-refractivity contribution < 1.29 is 0 Å². The standard InChI is InChI=1S/C13H12N4O/c14-10-3-4-11-12(6-10)17(13(18)16-11)8-9-2-1-5-15-7-9/h1-7H,8,14H2,(H,16,18). The molecule has 0 saturated heterocycles. The van der Waals surface area contributed by atoms with Gasteiger partial charge in [0.1, 0.15) is 0 Å². The summed E-state index contributed by atoms with van der Waals surface area (Å²) in [5.41, 5.74) is 8.83. The molecule has 3 rings (SSSR count). The third-order valence-electron chi connectivity index (χ3n) is 2.86. The van der Waals surface area contributed by atoms with Crippen LogP contribution in [0.4, 0.5) is 5.69 Å². The van der Waals surface area contributed by atoms with E-state index in [1.165, 1.54) is 0 Å². The molecule has 18 heavy (non-hydrogen) atoms. The van der Waals surface area contributed by atoms with Crippen molar-refractivity contribution in [2.24, 2.45) is 0 Å². The quantitative estimate of drug-likeness (QED) is 0.664. The molecule has 0 amide bonds. The average molecular weight is 240 g/mol. The molecule has 3 aromatic rings. The number of benzene rings is 1. The van der Waals surface area contributed by atoms with Crippen LogP contribution in [0.2, 0.25) is 0 Å². The van der Waals surface area contributed by atoms with Crippen LogP contribution >= 0.6 is 0 Å². The van der Waals surface area contributed by atoms with Crippen LogP contribution in [0.15, 0.2) is 47.5 Å². The van der Waals surface area contributed by atoms with Crippen molar-refractivity contribution in [2.75, 3.05) is 5.73 Å². The number of pyridine rings is 1. The van der Waals surface area contributed by atoms with Gasteiger partial charge in [0, 0.05) is 18.1 Å². The molecule has 0 aliphatic rings. The number of nitrogens with one attached hydrogen (secondary N) is 1. The number of imidazole rings is 1. The highest BCUT2D eigenvalue weighted by molar-refractivity contribution is 5.79. The normalized spacial score (nSPS) is 10.9. The number of hydrogen-bond acceptors (Lipinski definition) is 3. The maximum absolute atomic E-state index is 11.9. The van der Waals surface area contributed by atoms with Gasteiger partial charge in [0.05, 0.1) is 17.6 Å². The number of rotatable bonds is 2. The van der Waals surface area contributed by atoms with Crippen molar-refractivity contribution in [2.45, 2.75) is 6.54 Å². The van der Waals surface area contributed by atoms with E-state index in [0.29, 0.717) is 12.2 Å². The first-order valence-corrected chi connectivity index (χ1v) is 5.61. The van der Waals surface area contributed by atoms with Gasteiger partial charge in [0.25, 0.3) is 0 Å². The van der Waals surface area contributed by atoms with Gasteiger partial charge in [-0.15, -0.1) is 0 Å². The number of nitrogens with zero attached hydrogens (tertiary/aromatic N) is 2. The van der Waals surface area contributed by atoms with Crippen LogP contribution in [0.25, 0.3) is 11.0 Å². The van der Waals surface area contributed by atoms with E-state index in [2.05, 4.69) is 9.97 Å². The Morgan fingerprint density at radius 1 is 1.33 bits per heavy atom. The molecule has 0 spiro atoms. The monoisotopic (exact) mass is 240 g/mol. The third kappa shape index (κ3) is 1.75. The minimum atomic E-state index is -0.139. The molecule has 2 heterocycles. The van der Waals surface area contributed by atoms with Crippen LogP contribution in [-0.4, -0.2) is 14.5 Å². The van der Waals surface area contributed by atoms with Crippen molar-refractivity contribution in [1.82, 2.24) is 14.5 Å². The van der Waals surface area contributed by atoms with Crippen molar-refractivity contribution in [1.29, 1.82) is 0 Å². The van der Waals surface area contributed by atoms with Crippen molar-refractivity contribution in [3.8, 4) is 0 Å². The second-order valence-electron chi connectivity index (χ2n) is 4.15. The Morgan fingerprint density at radius 3 is 3.00 bits per heavy atom. The summed E-state index contributed by atoms with van der Waals surface area (Å²) in [6.45, 7) is 0.482. The number of H-pyrrole nitrogens is 1. The van der Waals surface area contributed by atoms with Crippen molar-refractivity contribution in [3.63, 3.8) is 0 Å². The summed E-state index contributed by atoms with van der Waals surface area (Å²) < 4.78 is 1.66. The Kier molecular flexibility index (Phi) is 2.37. The summed E-state index contributed by atoms with van der Waals surface area (Å²) in [6, 6.07) is 9.16. The zero-order chi connectivity index (χ0) is 12.5. The first kappa shape index (κ1) is 10.6. The molecule has 5 nitrogen and oxygen atoms in total. The van der Waals surface area contributed by atoms with E-state index in [4.69, 9.17) is 5.73 Å².